The van der Waals surface area contributed by atoms with Gasteiger partial charge < -0.3 is 4.90 Å². The zero-order valence-electron chi connectivity index (χ0n) is 14.3. The molecule has 5 nitrogen and oxygen atoms in total. The Kier molecular flexibility index (Phi) is 5.06. The summed E-state index contributed by atoms with van der Waals surface area (Å²) >= 11 is 0. The number of hydrogen-bond acceptors (Lipinski definition) is 3. The van der Waals surface area contributed by atoms with Crippen molar-refractivity contribution >= 4 is 5.91 Å². The van der Waals surface area contributed by atoms with E-state index in [1.165, 1.54) is 0 Å². The number of carbonyl (C=O) groups excluding carboxylic acids is 1. The highest BCUT2D eigenvalue weighted by molar-refractivity contribution is 5.92. The molecule has 122 valence electrons. The summed E-state index contributed by atoms with van der Waals surface area (Å²) in [6.45, 7) is 14.5. The molecule has 2 rings (SSSR count). The smallest absolute Gasteiger partial charge is 0.272 e. The van der Waals surface area contributed by atoms with Crippen molar-refractivity contribution in [1.29, 1.82) is 0 Å². The summed E-state index contributed by atoms with van der Waals surface area (Å²) in [5, 5.41) is 4.51. The Morgan fingerprint density at radius 1 is 1.32 bits per heavy atom. The van der Waals surface area contributed by atoms with Gasteiger partial charge in [-0.1, -0.05) is 26.8 Å². The number of carbonyl (C=O) groups is 1. The quantitative estimate of drug-likeness (QED) is 0.803. The van der Waals surface area contributed by atoms with E-state index in [0.29, 0.717) is 5.69 Å². The second-order valence-electron chi connectivity index (χ2n) is 7.02. The van der Waals surface area contributed by atoms with Crippen LogP contribution in [-0.2, 0) is 12.5 Å². The number of aryl methyl sites for hydroxylation is 1. The summed E-state index contributed by atoms with van der Waals surface area (Å²) in [6.07, 6.45) is 2.93. The standard InChI is InChI=1S/C17H28N4O/c1-6-8-20-9-7-10-21(12-11-20)16(22)14-13-15(17(2,3)4)18-19(14)5/h6,13H,1,7-12H2,2-5H3. The molecule has 0 unspecified atom stereocenters. The molecule has 0 aliphatic carbocycles. The first-order chi connectivity index (χ1) is 10.3. The number of aromatic nitrogens is 2. The van der Waals surface area contributed by atoms with Crippen molar-refractivity contribution in [3.63, 3.8) is 0 Å². The zero-order valence-corrected chi connectivity index (χ0v) is 14.3. The fourth-order valence-electron chi connectivity index (χ4n) is 2.74. The Morgan fingerprint density at radius 2 is 2.05 bits per heavy atom. The van der Waals surface area contributed by atoms with Crippen LogP contribution in [0.15, 0.2) is 18.7 Å². The lowest BCUT2D eigenvalue weighted by Gasteiger charge is -2.21. The molecule has 1 amide bonds. The van der Waals surface area contributed by atoms with Crippen LogP contribution in [0.3, 0.4) is 0 Å². The van der Waals surface area contributed by atoms with Gasteiger partial charge in [0.1, 0.15) is 5.69 Å². The highest BCUT2D eigenvalue weighted by Gasteiger charge is 2.25. The Bertz CT molecular complexity index is 541. The van der Waals surface area contributed by atoms with Gasteiger partial charge in [0.2, 0.25) is 0 Å². The fourth-order valence-corrected chi connectivity index (χ4v) is 2.74. The van der Waals surface area contributed by atoms with Crippen LogP contribution in [0.2, 0.25) is 0 Å². The van der Waals surface area contributed by atoms with Gasteiger partial charge in [-0.25, -0.2) is 0 Å². The molecule has 2 heterocycles. The predicted octanol–water partition coefficient (Wildman–Crippen LogP) is 2.05. The first-order valence-corrected chi connectivity index (χ1v) is 8.00. The minimum absolute atomic E-state index is 0.0458. The molecule has 1 aromatic rings. The average Bonchev–Trinajstić information content (AvgIpc) is 2.68. The molecule has 5 heteroatoms. The number of nitrogens with zero attached hydrogens (tertiary/aromatic N) is 4. The lowest BCUT2D eigenvalue weighted by molar-refractivity contribution is 0.0751. The third-order valence-corrected chi connectivity index (χ3v) is 4.13. The minimum atomic E-state index is -0.0458. The summed E-state index contributed by atoms with van der Waals surface area (Å²) in [6, 6.07) is 1.94. The van der Waals surface area contributed by atoms with E-state index < -0.39 is 0 Å². The highest BCUT2D eigenvalue weighted by Crippen LogP contribution is 2.22. The molecule has 0 saturated carbocycles. The molecule has 1 saturated heterocycles. The van der Waals surface area contributed by atoms with Crippen LogP contribution in [0.25, 0.3) is 0 Å². The largest absolute Gasteiger partial charge is 0.336 e. The molecule has 0 radical (unpaired) electrons. The van der Waals surface area contributed by atoms with Crippen LogP contribution in [0.1, 0.15) is 43.4 Å². The molecule has 1 aliphatic heterocycles. The molecular weight excluding hydrogens is 276 g/mol. The van der Waals surface area contributed by atoms with Crippen molar-refractivity contribution in [1.82, 2.24) is 19.6 Å². The summed E-state index contributed by atoms with van der Waals surface area (Å²) in [5.74, 6) is 0.0888. The monoisotopic (exact) mass is 304 g/mol. The van der Waals surface area contributed by atoms with E-state index in [9.17, 15) is 4.79 Å². The van der Waals surface area contributed by atoms with Gasteiger partial charge in [-0.15, -0.1) is 6.58 Å². The van der Waals surface area contributed by atoms with Crippen LogP contribution in [-0.4, -0.2) is 58.2 Å². The van der Waals surface area contributed by atoms with Crippen molar-refractivity contribution in [3.05, 3.63) is 30.1 Å². The first kappa shape index (κ1) is 16.7. The Balaban J connectivity index is 2.11. The molecule has 22 heavy (non-hydrogen) atoms. The van der Waals surface area contributed by atoms with Crippen LogP contribution in [0.4, 0.5) is 0 Å². The van der Waals surface area contributed by atoms with Gasteiger partial charge in [-0.05, 0) is 12.5 Å². The third kappa shape index (κ3) is 3.77. The molecule has 1 aliphatic rings. The predicted molar refractivity (Wildman–Crippen MR) is 89.1 cm³/mol. The summed E-state index contributed by atoms with van der Waals surface area (Å²) in [7, 11) is 1.85. The second-order valence-corrected chi connectivity index (χ2v) is 7.02. The van der Waals surface area contributed by atoms with Gasteiger partial charge in [-0.2, -0.15) is 5.10 Å². The Labute approximate surface area is 133 Å². The molecule has 1 fully saturated rings. The van der Waals surface area contributed by atoms with Gasteiger partial charge in [0.15, 0.2) is 0 Å². The van der Waals surface area contributed by atoms with E-state index in [1.807, 2.05) is 24.1 Å². The summed E-state index contributed by atoms with van der Waals surface area (Å²) in [4.78, 5) is 17.1. The van der Waals surface area contributed by atoms with Crippen molar-refractivity contribution in [2.75, 3.05) is 32.7 Å². The summed E-state index contributed by atoms with van der Waals surface area (Å²) in [5.41, 5.74) is 1.60. The van der Waals surface area contributed by atoms with Crippen molar-refractivity contribution in [2.45, 2.75) is 32.6 Å². The molecule has 0 spiro atoms. The molecule has 1 aromatic heterocycles. The topological polar surface area (TPSA) is 41.4 Å². The maximum Gasteiger partial charge on any atom is 0.272 e. The molecular formula is C17H28N4O. The van der Waals surface area contributed by atoms with Crippen LogP contribution in [0, 0.1) is 0 Å². The number of rotatable bonds is 3. The molecule has 0 N–H and O–H groups in total. The maximum absolute atomic E-state index is 12.8. The van der Waals surface area contributed by atoms with Gasteiger partial charge in [0.05, 0.1) is 5.69 Å². The van der Waals surface area contributed by atoms with E-state index in [1.54, 1.807) is 4.68 Å². The lowest BCUT2D eigenvalue weighted by Crippen LogP contribution is -2.36. The average molecular weight is 304 g/mol. The van der Waals surface area contributed by atoms with Crippen molar-refractivity contribution in [3.8, 4) is 0 Å². The van der Waals surface area contributed by atoms with Crippen molar-refractivity contribution in [2.24, 2.45) is 7.05 Å². The van der Waals surface area contributed by atoms with Gasteiger partial charge in [0, 0.05) is 45.2 Å². The lowest BCUT2D eigenvalue weighted by atomic mass is 9.92. The SMILES string of the molecule is C=CCN1CCCN(C(=O)c2cc(C(C)(C)C)nn2C)CC1. The van der Waals surface area contributed by atoms with E-state index in [4.69, 9.17) is 0 Å². The highest BCUT2D eigenvalue weighted by atomic mass is 16.2. The van der Waals surface area contributed by atoms with E-state index in [2.05, 4.69) is 37.3 Å². The number of amides is 1. The fraction of sp³-hybridized carbons (Fsp3) is 0.647. The van der Waals surface area contributed by atoms with Gasteiger partial charge >= 0.3 is 0 Å². The zero-order chi connectivity index (χ0) is 16.3. The normalized spacial score (nSPS) is 17.4. The molecule has 0 atom stereocenters. The van der Waals surface area contributed by atoms with Crippen LogP contribution in [0.5, 0.6) is 0 Å². The van der Waals surface area contributed by atoms with Crippen LogP contribution >= 0.6 is 0 Å². The molecule has 0 bridgehead atoms. The van der Waals surface area contributed by atoms with Gasteiger partial charge in [-0.3, -0.25) is 14.4 Å². The van der Waals surface area contributed by atoms with Crippen LogP contribution < -0.4 is 0 Å². The Morgan fingerprint density at radius 3 is 2.64 bits per heavy atom. The first-order valence-electron chi connectivity index (χ1n) is 8.00. The molecule has 0 aromatic carbocycles. The summed E-state index contributed by atoms with van der Waals surface area (Å²) < 4.78 is 1.72. The van der Waals surface area contributed by atoms with E-state index >= 15 is 0 Å². The second kappa shape index (κ2) is 6.65. The Hall–Kier alpha value is -1.62. The number of hydrogen-bond donors (Lipinski definition) is 0. The maximum atomic E-state index is 12.8. The van der Waals surface area contributed by atoms with E-state index in [-0.39, 0.29) is 11.3 Å². The van der Waals surface area contributed by atoms with Crippen molar-refractivity contribution < 1.29 is 4.79 Å². The third-order valence-electron chi connectivity index (χ3n) is 4.13. The van der Waals surface area contributed by atoms with E-state index in [0.717, 1.165) is 44.8 Å². The van der Waals surface area contributed by atoms with Gasteiger partial charge in [0.25, 0.3) is 5.91 Å². The minimum Gasteiger partial charge on any atom is -0.336 e.